The molecule has 1 unspecified atom stereocenters. The van der Waals surface area contributed by atoms with Crippen molar-refractivity contribution in [3.05, 3.63) is 28.2 Å². The predicted molar refractivity (Wildman–Crippen MR) is 101 cm³/mol. The van der Waals surface area contributed by atoms with E-state index in [4.69, 9.17) is 27.9 Å². The van der Waals surface area contributed by atoms with Gasteiger partial charge in [0.2, 0.25) is 11.0 Å². The van der Waals surface area contributed by atoms with Gasteiger partial charge in [-0.2, -0.15) is 0 Å². The lowest BCUT2D eigenvalue weighted by Crippen LogP contribution is -2.22. The van der Waals surface area contributed by atoms with Crippen LogP contribution in [0.3, 0.4) is 0 Å². The summed E-state index contributed by atoms with van der Waals surface area (Å²) in [5, 5.41) is 15.0. The topological polar surface area (TPSA) is 76.1 Å². The Morgan fingerprint density at radius 1 is 1.42 bits per heavy atom. The number of aromatic nitrogens is 2. The minimum Gasteiger partial charge on any atom is -0.383 e. The second-order valence-corrected chi connectivity index (χ2v) is 7.99. The highest BCUT2D eigenvalue weighted by Gasteiger charge is 2.18. The van der Waals surface area contributed by atoms with Gasteiger partial charge in [-0.25, -0.2) is 0 Å². The Labute approximate surface area is 158 Å². The van der Waals surface area contributed by atoms with Gasteiger partial charge in [0.25, 0.3) is 0 Å². The minimum absolute atomic E-state index is 0.187. The first kappa shape index (κ1) is 19.3. The van der Waals surface area contributed by atoms with Crippen molar-refractivity contribution in [2.24, 2.45) is 0 Å². The molecule has 1 aromatic heterocycles. The van der Waals surface area contributed by atoms with E-state index >= 15 is 0 Å². The fourth-order valence-electron chi connectivity index (χ4n) is 1.63. The first-order valence-corrected chi connectivity index (χ1v) is 9.44. The zero-order chi connectivity index (χ0) is 17.5. The van der Waals surface area contributed by atoms with E-state index in [0.29, 0.717) is 38.4 Å². The lowest BCUT2D eigenvalue weighted by molar-refractivity contribution is -0.115. The van der Waals surface area contributed by atoms with Gasteiger partial charge < -0.3 is 15.4 Å². The molecule has 10 heteroatoms. The minimum atomic E-state index is -0.361. The van der Waals surface area contributed by atoms with Crippen LogP contribution in [0.25, 0.3) is 0 Å². The Balaban J connectivity index is 1.90. The van der Waals surface area contributed by atoms with Crippen molar-refractivity contribution in [3.63, 3.8) is 0 Å². The molecule has 2 rings (SSSR count). The summed E-state index contributed by atoms with van der Waals surface area (Å²) < 4.78 is 5.66. The van der Waals surface area contributed by atoms with E-state index in [9.17, 15) is 4.79 Å². The van der Waals surface area contributed by atoms with Crippen LogP contribution in [0, 0.1) is 0 Å². The molecule has 2 N–H and O–H groups in total. The summed E-state index contributed by atoms with van der Waals surface area (Å²) in [4.78, 5) is 12.3. The number of ether oxygens (including phenoxy) is 1. The molecular formula is C14H16Cl2N4O2S2. The van der Waals surface area contributed by atoms with Crippen molar-refractivity contribution >= 4 is 63.0 Å². The molecule has 0 aliphatic heterocycles. The Bertz CT molecular complexity index is 699. The first-order valence-electron chi connectivity index (χ1n) is 6.99. The van der Waals surface area contributed by atoms with Crippen molar-refractivity contribution in [3.8, 4) is 0 Å². The molecule has 0 saturated carbocycles. The Hall–Kier alpha value is -1.06. The van der Waals surface area contributed by atoms with Crippen molar-refractivity contribution in [2.75, 3.05) is 30.9 Å². The number of nitrogens with one attached hydrogen (secondary N) is 2. The number of hydrogen-bond acceptors (Lipinski definition) is 7. The Kier molecular flexibility index (Phi) is 7.57. The third kappa shape index (κ3) is 5.49. The predicted octanol–water partition coefficient (Wildman–Crippen LogP) is 4.02. The molecule has 0 fully saturated rings. The molecular weight excluding hydrogens is 391 g/mol. The lowest BCUT2D eigenvalue weighted by atomic mass is 10.3. The fraction of sp³-hybridized carbons (Fsp3) is 0.357. The van der Waals surface area contributed by atoms with Crippen LogP contribution in [0.4, 0.5) is 10.8 Å². The molecule has 24 heavy (non-hydrogen) atoms. The summed E-state index contributed by atoms with van der Waals surface area (Å²) in [6.07, 6.45) is 0. The SMILES string of the molecule is COCCNc1nnc(SC(C)C(=O)Nc2cccc(Cl)c2Cl)s1. The van der Waals surface area contributed by atoms with E-state index in [1.807, 2.05) is 0 Å². The number of halogens is 2. The third-order valence-electron chi connectivity index (χ3n) is 2.85. The Morgan fingerprint density at radius 3 is 2.96 bits per heavy atom. The van der Waals surface area contributed by atoms with E-state index in [-0.39, 0.29) is 11.2 Å². The molecule has 6 nitrogen and oxygen atoms in total. The summed E-state index contributed by atoms with van der Waals surface area (Å²) in [5.41, 5.74) is 0.487. The van der Waals surface area contributed by atoms with Crippen LogP contribution in [0.2, 0.25) is 10.0 Å². The number of anilines is 2. The van der Waals surface area contributed by atoms with E-state index in [2.05, 4.69) is 20.8 Å². The molecule has 0 saturated heterocycles. The van der Waals surface area contributed by atoms with E-state index in [0.717, 1.165) is 0 Å². The second-order valence-electron chi connectivity index (χ2n) is 4.64. The highest BCUT2D eigenvalue weighted by molar-refractivity contribution is 8.02. The number of amides is 1. The quantitative estimate of drug-likeness (QED) is 0.509. The lowest BCUT2D eigenvalue weighted by Gasteiger charge is -2.11. The molecule has 0 spiro atoms. The number of rotatable bonds is 8. The van der Waals surface area contributed by atoms with Gasteiger partial charge in [-0.05, 0) is 19.1 Å². The number of hydrogen-bond donors (Lipinski definition) is 2. The highest BCUT2D eigenvalue weighted by Crippen LogP contribution is 2.32. The number of carbonyl (C=O) groups excluding carboxylic acids is 1. The van der Waals surface area contributed by atoms with Crippen molar-refractivity contribution in [1.29, 1.82) is 0 Å². The fourth-order valence-corrected chi connectivity index (χ4v) is 3.90. The number of nitrogens with zero attached hydrogens (tertiary/aromatic N) is 2. The van der Waals surface area contributed by atoms with Gasteiger partial charge >= 0.3 is 0 Å². The van der Waals surface area contributed by atoms with Crippen molar-refractivity contribution < 1.29 is 9.53 Å². The monoisotopic (exact) mass is 406 g/mol. The molecule has 0 radical (unpaired) electrons. The number of benzene rings is 1. The van der Waals surface area contributed by atoms with Crippen molar-refractivity contribution in [2.45, 2.75) is 16.5 Å². The van der Waals surface area contributed by atoms with E-state index in [1.54, 1.807) is 32.2 Å². The number of methoxy groups -OCH3 is 1. The first-order chi connectivity index (χ1) is 11.5. The van der Waals surface area contributed by atoms with Gasteiger partial charge in [-0.1, -0.05) is 52.4 Å². The second kappa shape index (κ2) is 9.43. The van der Waals surface area contributed by atoms with Crippen LogP contribution in [-0.4, -0.2) is 41.6 Å². The van der Waals surface area contributed by atoms with Crippen LogP contribution in [0.1, 0.15) is 6.92 Å². The average Bonchev–Trinajstić information content (AvgIpc) is 2.99. The van der Waals surface area contributed by atoms with Crippen LogP contribution < -0.4 is 10.6 Å². The normalized spacial score (nSPS) is 12.0. The molecule has 130 valence electrons. The van der Waals surface area contributed by atoms with Crippen LogP contribution in [0.15, 0.2) is 22.5 Å². The summed E-state index contributed by atoms with van der Waals surface area (Å²) in [6, 6.07) is 5.09. The molecule has 2 aromatic rings. The molecule has 1 amide bonds. The van der Waals surface area contributed by atoms with Crippen molar-refractivity contribution in [1.82, 2.24) is 10.2 Å². The molecule has 0 aliphatic carbocycles. The highest BCUT2D eigenvalue weighted by atomic mass is 35.5. The molecule has 0 bridgehead atoms. The maximum atomic E-state index is 12.3. The summed E-state index contributed by atoms with van der Waals surface area (Å²) in [5.74, 6) is -0.187. The molecule has 1 aromatic carbocycles. The van der Waals surface area contributed by atoms with Crippen LogP contribution in [-0.2, 0) is 9.53 Å². The number of thioether (sulfide) groups is 1. The average molecular weight is 407 g/mol. The standard InChI is InChI=1S/C14H16Cl2N4O2S2/c1-8(12(21)18-10-5-3-4-9(15)11(10)16)23-14-20-19-13(24-14)17-6-7-22-2/h3-5,8H,6-7H2,1-2H3,(H,17,19)(H,18,21). The van der Waals surface area contributed by atoms with Crippen LogP contribution >= 0.6 is 46.3 Å². The molecule has 1 atom stereocenters. The van der Waals surface area contributed by atoms with Gasteiger partial charge in [0.15, 0.2) is 4.34 Å². The van der Waals surface area contributed by atoms with Crippen LogP contribution in [0.5, 0.6) is 0 Å². The largest absolute Gasteiger partial charge is 0.383 e. The Morgan fingerprint density at radius 2 is 2.21 bits per heavy atom. The van der Waals surface area contributed by atoms with Gasteiger partial charge in [-0.3, -0.25) is 4.79 Å². The molecule has 1 heterocycles. The van der Waals surface area contributed by atoms with E-state index < -0.39 is 0 Å². The summed E-state index contributed by atoms with van der Waals surface area (Å²) in [7, 11) is 1.63. The summed E-state index contributed by atoms with van der Waals surface area (Å²) >= 11 is 14.7. The van der Waals surface area contributed by atoms with Gasteiger partial charge in [-0.15, -0.1) is 10.2 Å². The van der Waals surface area contributed by atoms with E-state index in [1.165, 1.54) is 23.1 Å². The molecule has 0 aliphatic rings. The zero-order valence-corrected chi connectivity index (χ0v) is 16.2. The smallest absolute Gasteiger partial charge is 0.237 e. The van der Waals surface area contributed by atoms with Gasteiger partial charge in [0, 0.05) is 13.7 Å². The number of carbonyl (C=O) groups is 1. The maximum absolute atomic E-state index is 12.3. The zero-order valence-electron chi connectivity index (χ0n) is 13.0. The third-order valence-corrected chi connectivity index (χ3v) is 5.73. The summed E-state index contributed by atoms with van der Waals surface area (Å²) in [6.45, 7) is 3.03. The van der Waals surface area contributed by atoms with Gasteiger partial charge in [0.1, 0.15) is 0 Å². The maximum Gasteiger partial charge on any atom is 0.237 e. The van der Waals surface area contributed by atoms with Gasteiger partial charge in [0.05, 0.1) is 27.6 Å².